The summed E-state index contributed by atoms with van der Waals surface area (Å²) >= 11 is 0. The van der Waals surface area contributed by atoms with Crippen LogP contribution in [0.15, 0.2) is 54.6 Å². The fourth-order valence-corrected chi connectivity index (χ4v) is 2.80. The molecule has 1 heterocycles. The second-order valence-corrected chi connectivity index (χ2v) is 5.87. The number of rotatable bonds is 5. The van der Waals surface area contributed by atoms with E-state index in [0.717, 1.165) is 28.4 Å². The van der Waals surface area contributed by atoms with Crippen molar-refractivity contribution >= 4 is 11.6 Å². The Morgan fingerprint density at radius 2 is 1.76 bits per heavy atom. The van der Waals surface area contributed by atoms with Crippen molar-refractivity contribution in [1.29, 1.82) is 0 Å². The number of hydrogen-bond donors (Lipinski definition) is 1. The molecule has 0 fully saturated rings. The standard InChI is InChI=1S/C20H21N3O2/c1-14-19(20(24)21-17-9-11-18(25-3)12-10-17)15(2)23(22-14)13-16-7-5-4-6-8-16/h4-12H,13H2,1-3H3,(H,21,24). The molecule has 0 spiro atoms. The van der Waals surface area contributed by atoms with Crippen LogP contribution in [0.1, 0.15) is 27.3 Å². The lowest BCUT2D eigenvalue weighted by Gasteiger charge is -2.08. The van der Waals surface area contributed by atoms with Gasteiger partial charge in [-0.2, -0.15) is 5.10 Å². The molecule has 0 bridgehead atoms. The third kappa shape index (κ3) is 3.71. The Morgan fingerprint density at radius 3 is 2.40 bits per heavy atom. The first-order chi connectivity index (χ1) is 12.1. The molecular weight excluding hydrogens is 314 g/mol. The van der Waals surface area contributed by atoms with Gasteiger partial charge in [0, 0.05) is 11.4 Å². The highest BCUT2D eigenvalue weighted by Gasteiger charge is 2.19. The zero-order valence-electron chi connectivity index (χ0n) is 14.6. The number of nitrogens with one attached hydrogen (secondary N) is 1. The van der Waals surface area contributed by atoms with Crippen molar-refractivity contribution in [2.24, 2.45) is 0 Å². The van der Waals surface area contributed by atoms with Crippen LogP contribution in [-0.2, 0) is 6.54 Å². The van der Waals surface area contributed by atoms with Crippen LogP contribution < -0.4 is 10.1 Å². The SMILES string of the molecule is COc1ccc(NC(=O)c2c(C)nn(Cc3ccccc3)c2C)cc1. The molecular formula is C20H21N3O2. The minimum Gasteiger partial charge on any atom is -0.497 e. The molecule has 5 heteroatoms. The van der Waals surface area contributed by atoms with E-state index in [0.29, 0.717) is 12.1 Å². The van der Waals surface area contributed by atoms with Crippen LogP contribution in [0.5, 0.6) is 5.75 Å². The van der Waals surface area contributed by atoms with Gasteiger partial charge < -0.3 is 10.1 Å². The van der Waals surface area contributed by atoms with E-state index in [1.165, 1.54) is 0 Å². The first-order valence-corrected chi connectivity index (χ1v) is 8.12. The van der Waals surface area contributed by atoms with E-state index in [-0.39, 0.29) is 5.91 Å². The summed E-state index contributed by atoms with van der Waals surface area (Å²) in [4.78, 5) is 12.7. The normalized spacial score (nSPS) is 10.5. The Balaban J connectivity index is 1.80. The van der Waals surface area contributed by atoms with Crippen LogP contribution in [0.2, 0.25) is 0 Å². The lowest BCUT2D eigenvalue weighted by atomic mass is 10.1. The predicted molar refractivity (Wildman–Crippen MR) is 98.2 cm³/mol. The van der Waals surface area contributed by atoms with Gasteiger partial charge in [0.1, 0.15) is 5.75 Å². The van der Waals surface area contributed by atoms with Gasteiger partial charge in [-0.15, -0.1) is 0 Å². The first kappa shape index (κ1) is 16.8. The number of nitrogens with zero attached hydrogens (tertiary/aromatic N) is 2. The van der Waals surface area contributed by atoms with E-state index >= 15 is 0 Å². The van der Waals surface area contributed by atoms with Crippen molar-refractivity contribution in [2.75, 3.05) is 12.4 Å². The lowest BCUT2D eigenvalue weighted by Crippen LogP contribution is -2.14. The molecule has 1 N–H and O–H groups in total. The van der Waals surface area contributed by atoms with Crippen molar-refractivity contribution in [2.45, 2.75) is 20.4 Å². The van der Waals surface area contributed by atoms with Gasteiger partial charge in [0.15, 0.2) is 0 Å². The molecule has 1 aromatic heterocycles. The summed E-state index contributed by atoms with van der Waals surface area (Å²) in [5, 5.41) is 7.45. The van der Waals surface area contributed by atoms with Gasteiger partial charge in [0.05, 0.1) is 24.9 Å². The van der Waals surface area contributed by atoms with Crippen molar-refractivity contribution in [1.82, 2.24) is 9.78 Å². The second-order valence-electron chi connectivity index (χ2n) is 5.87. The van der Waals surface area contributed by atoms with Gasteiger partial charge in [-0.25, -0.2) is 0 Å². The van der Waals surface area contributed by atoms with E-state index in [2.05, 4.69) is 10.4 Å². The van der Waals surface area contributed by atoms with Crippen LogP contribution in [0.25, 0.3) is 0 Å². The van der Waals surface area contributed by atoms with Gasteiger partial charge in [0.25, 0.3) is 5.91 Å². The highest BCUT2D eigenvalue weighted by atomic mass is 16.5. The molecule has 1 amide bonds. The lowest BCUT2D eigenvalue weighted by molar-refractivity contribution is 0.102. The maximum absolute atomic E-state index is 12.7. The Morgan fingerprint density at radius 1 is 1.08 bits per heavy atom. The number of amides is 1. The number of hydrogen-bond acceptors (Lipinski definition) is 3. The number of anilines is 1. The number of carbonyl (C=O) groups is 1. The summed E-state index contributed by atoms with van der Waals surface area (Å²) in [5.41, 5.74) is 4.06. The van der Waals surface area contributed by atoms with Crippen LogP contribution in [0, 0.1) is 13.8 Å². The fraction of sp³-hybridized carbons (Fsp3) is 0.200. The maximum Gasteiger partial charge on any atom is 0.259 e. The zero-order chi connectivity index (χ0) is 17.8. The molecule has 0 aliphatic heterocycles. The van der Waals surface area contributed by atoms with Gasteiger partial charge in [-0.05, 0) is 43.7 Å². The molecule has 0 saturated carbocycles. The van der Waals surface area contributed by atoms with Crippen LogP contribution in [0.3, 0.4) is 0 Å². The van der Waals surface area contributed by atoms with Gasteiger partial charge in [0.2, 0.25) is 0 Å². The Bertz CT molecular complexity index is 868. The quantitative estimate of drug-likeness (QED) is 0.771. The topological polar surface area (TPSA) is 56.1 Å². The summed E-state index contributed by atoms with van der Waals surface area (Å²) in [6.45, 7) is 4.42. The summed E-state index contributed by atoms with van der Waals surface area (Å²) in [6, 6.07) is 17.3. The molecule has 2 aromatic carbocycles. The highest BCUT2D eigenvalue weighted by molar-refractivity contribution is 6.05. The number of benzene rings is 2. The largest absolute Gasteiger partial charge is 0.497 e. The molecule has 5 nitrogen and oxygen atoms in total. The molecule has 0 unspecified atom stereocenters. The van der Waals surface area contributed by atoms with Crippen molar-refractivity contribution < 1.29 is 9.53 Å². The minimum absolute atomic E-state index is 0.153. The molecule has 3 rings (SSSR count). The van der Waals surface area contributed by atoms with E-state index in [1.54, 1.807) is 7.11 Å². The minimum atomic E-state index is -0.153. The zero-order valence-corrected chi connectivity index (χ0v) is 14.6. The third-order valence-corrected chi connectivity index (χ3v) is 4.13. The molecule has 0 aliphatic carbocycles. The summed E-state index contributed by atoms with van der Waals surface area (Å²) in [7, 11) is 1.61. The van der Waals surface area contributed by atoms with Crippen LogP contribution in [0.4, 0.5) is 5.69 Å². The average molecular weight is 335 g/mol. The maximum atomic E-state index is 12.7. The number of carbonyl (C=O) groups excluding carboxylic acids is 1. The second kappa shape index (κ2) is 7.21. The molecule has 3 aromatic rings. The summed E-state index contributed by atoms with van der Waals surface area (Å²) < 4.78 is 7.00. The van der Waals surface area contributed by atoms with Gasteiger partial charge in [-0.3, -0.25) is 9.48 Å². The number of methoxy groups -OCH3 is 1. The van der Waals surface area contributed by atoms with Crippen LogP contribution >= 0.6 is 0 Å². The third-order valence-electron chi connectivity index (χ3n) is 4.13. The van der Waals surface area contributed by atoms with E-state index in [4.69, 9.17) is 4.74 Å². The molecule has 128 valence electrons. The molecule has 0 saturated heterocycles. The Hall–Kier alpha value is -3.08. The molecule has 0 aliphatic rings. The monoisotopic (exact) mass is 335 g/mol. The fourth-order valence-electron chi connectivity index (χ4n) is 2.80. The number of aryl methyl sites for hydroxylation is 1. The smallest absolute Gasteiger partial charge is 0.259 e. The molecule has 0 atom stereocenters. The van der Waals surface area contributed by atoms with E-state index in [9.17, 15) is 4.79 Å². The predicted octanol–water partition coefficient (Wildman–Crippen LogP) is 3.81. The number of aromatic nitrogens is 2. The van der Waals surface area contributed by atoms with E-state index < -0.39 is 0 Å². The van der Waals surface area contributed by atoms with Crippen molar-refractivity contribution in [3.8, 4) is 5.75 Å². The Labute approximate surface area is 147 Å². The molecule has 0 radical (unpaired) electrons. The summed E-state index contributed by atoms with van der Waals surface area (Å²) in [6.07, 6.45) is 0. The first-order valence-electron chi connectivity index (χ1n) is 8.12. The van der Waals surface area contributed by atoms with E-state index in [1.807, 2.05) is 73.1 Å². The van der Waals surface area contributed by atoms with Crippen LogP contribution in [-0.4, -0.2) is 22.8 Å². The Kier molecular flexibility index (Phi) is 4.84. The van der Waals surface area contributed by atoms with Gasteiger partial charge in [-0.1, -0.05) is 30.3 Å². The van der Waals surface area contributed by atoms with Crippen molar-refractivity contribution in [3.05, 3.63) is 77.1 Å². The average Bonchev–Trinajstić information content (AvgIpc) is 2.90. The molecule has 25 heavy (non-hydrogen) atoms. The van der Waals surface area contributed by atoms with Crippen molar-refractivity contribution in [3.63, 3.8) is 0 Å². The summed E-state index contributed by atoms with van der Waals surface area (Å²) in [5.74, 6) is 0.598. The van der Waals surface area contributed by atoms with Gasteiger partial charge >= 0.3 is 0 Å². The number of ether oxygens (including phenoxy) is 1. The highest BCUT2D eigenvalue weighted by Crippen LogP contribution is 2.19.